The lowest BCUT2D eigenvalue weighted by Crippen LogP contribution is -2.44. The number of aliphatic hydroxyl groups is 1. The van der Waals surface area contributed by atoms with Crippen LogP contribution in [0.15, 0.2) is 24.3 Å². The molecule has 0 fully saturated rings. The van der Waals surface area contributed by atoms with Crippen LogP contribution in [0.2, 0.25) is 0 Å². The number of unbranched alkanes of at least 4 members (excludes halogenated alkanes) is 1. The van der Waals surface area contributed by atoms with Crippen LogP contribution in [0.3, 0.4) is 0 Å². The molecule has 35 heavy (non-hydrogen) atoms. The van der Waals surface area contributed by atoms with Crippen molar-refractivity contribution in [2.45, 2.75) is 72.4 Å². The molecule has 0 aliphatic rings. The predicted molar refractivity (Wildman–Crippen MR) is 141 cm³/mol. The molecule has 0 bridgehead atoms. The van der Waals surface area contributed by atoms with E-state index in [0.29, 0.717) is 50.4 Å². The van der Waals surface area contributed by atoms with Crippen molar-refractivity contribution < 1.29 is 19.4 Å². The molecule has 0 aliphatic carbocycles. The third-order valence-electron chi connectivity index (χ3n) is 6.51. The minimum Gasteiger partial charge on any atom is -0.491 e. The van der Waals surface area contributed by atoms with Gasteiger partial charge in [0.25, 0.3) is 5.91 Å². The number of hydrogen-bond donors (Lipinski definition) is 5. The van der Waals surface area contributed by atoms with Crippen LogP contribution in [0.5, 0.6) is 5.75 Å². The quantitative estimate of drug-likeness (QED) is 0.212. The van der Waals surface area contributed by atoms with Gasteiger partial charge in [-0.2, -0.15) is 0 Å². The zero-order valence-electron chi connectivity index (χ0n) is 22.3. The van der Waals surface area contributed by atoms with Crippen molar-refractivity contribution in [1.29, 1.82) is 0 Å². The van der Waals surface area contributed by atoms with Crippen molar-refractivity contribution in [3.8, 4) is 5.75 Å². The van der Waals surface area contributed by atoms with Crippen LogP contribution in [-0.4, -0.2) is 55.3 Å². The Kier molecular flexibility index (Phi) is 14.6. The molecule has 1 aromatic rings. The monoisotopic (exact) mass is 492 g/mol. The zero-order chi connectivity index (χ0) is 26.4. The molecule has 0 spiro atoms. The normalized spacial score (nSPS) is 14.9. The lowest BCUT2D eigenvalue weighted by atomic mass is 9.83. The van der Waals surface area contributed by atoms with Gasteiger partial charge in [-0.15, -0.1) is 0 Å². The third kappa shape index (κ3) is 11.0. The summed E-state index contributed by atoms with van der Waals surface area (Å²) in [7, 11) is 0. The highest BCUT2D eigenvalue weighted by Gasteiger charge is 2.29. The number of carbonyl (C=O) groups is 2. The number of para-hydroxylation sites is 1. The van der Waals surface area contributed by atoms with E-state index < -0.39 is 12.1 Å². The Morgan fingerprint density at radius 3 is 2.34 bits per heavy atom. The zero-order valence-corrected chi connectivity index (χ0v) is 22.3. The lowest BCUT2D eigenvalue weighted by Gasteiger charge is -2.30. The Balaban J connectivity index is 2.72. The molecule has 200 valence electrons. The van der Waals surface area contributed by atoms with Crippen molar-refractivity contribution in [2.24, 2.45) is 35.1 Å². The molecule has 7 N–H and O–H groups in total. The average molecular weight is 493 g/mol. The maximum Gasteiger partial charge on any atom is 0.255 e. The minimum atomic E-state index is -0.804. The molecule has 8 nitrogen and oxygen atoms in total. The highest BCUT2D eigenvalue weighted by atomic mass is 16.5. The molecular formula is C27H48N4O4. The third-order valence-corrected chi connectivity index (χ3v) is 6.51. The van der Waals surface area contributed by atoms with Gasteiger partial charge in [-0.3, -0.25) is 9.59 Å². The summed E-state index contributed by atoms with van der Waals surface area (Å²) in [6.07, 6.45) is 2.00. The van der Waals surface area contributed by atoms with Crippen LogP contribution in [0.4, 0.5) is 0 Å². The van der Waals surface area contributed by atoms with Crippen molar-refractivity contribution in [3.63, 3.8) is 0 Å². The molecule has 0 aromatic heterocycles. The highest BCUT2D eigenvalue weighted by Crippen LogP contribution is 2.24. The van der Waals surface area contributed by atoms with Crippen LogP contribution < -0.4 is 26.8 Å². The van der Waals surface area contributed by atoms with Crippen molar-refractivity contribution >= 4 is 11.8 Å². The minimum absolute atomic E-state index is 0.0251. The van der Waals surface area contributed by atoms with Gasteiger partial charge < -0.3 is 31.9 Å². The van der Waals surface area contributed by atoms with E-state index in [1.54, 1.807) is 18.2 Å². The Hall–Kier alpha value is -2.16. The van der Waals surface area contributed by atoms with Crippen LogP contribution >= 0.6 is 0 Å². The number of aliphatic hydroxyl groups excluding tert-OH is 1. The maximum absolute atomic E-state index is 12.8. The summed E-state index contributed by atoms with van der Waals surface area (Å²) in [4.78, 5) is 25.5. The summed E-state index contributed by atoms with van der Waals surface area (Å²) in [5, 5.41) is 16.8. The fourth-order valence-electron chi connectivity index (χ4n) is 4.00. The van der Waals surface area contributed by atoms with Gasteiger partial charge in [-0.05, 0) is 49.1 Å². The summed E-state index contributed by atoms with van der Waals surface area (Å²) in [6.45, 7) is 12.0. The van der Waals surface area contributed by atoms with Crippen LogP contribution in [0, 0.1) is 23.7 Å². The van der Waals surface area contributed by atoms with Crippen molar-refractivity contribution in [2.75, 3.05) is 26.2 Å². The first-order valence-corrected chi connectivity index (χ1v) is 13.0. The second-order valence-corrected chi connectivity index (χ2v) is 10.0. The molecule has 0 saturated carbocycles. The number of ether oxygens (including phenoxy) is 1. The van der Waals surface area contributed by atoms with Gasteiger partial charge in [0, 0.05) is 31.6 Å². The molecule has 1 aromatic carbocycles. The van der Waals surface area contributed by atoms with Gasteiger partial charge in [0.2, 0.25) is 5.91 Å². The standard InChI is InChI=1S/C27H48N4O4/c1-6-7-13-30-27(34)22(19(4)5)16-24(32)23(29)15-20(18(2)3)17-31-26(33)21-10-8-9-11-25(21)35-14-12-28/h8-11,18-20,22-24,32H,6-7,12-17,28-29H2,1-5H3,(H,30,34)(H,31,33). The number of benzene rings is 1. The topological polar surface area (TPSA) is 140 Å². The average Bonchev–Trinajstić information content (AvgIpc) is 2.82. The summed E-state index contributed by atoms with van der Waals surface area (Å²) < 4.78 is 5.59. The second kappa shape index (κ2) is 16.5. The van der Waals surface area contributed by atoms with Gasteiger partial charge in [-0.1, -0.05) is 53.2 Å². The first-order valence-electron chi connectivity index (χ1n) is 13.0. The van der Waals surface area contributed by atoms with Crippen molar-refractivity contribution in [1.82, 2.24) is 10.6 Å². The smallest absolute Gasteiger partial charge is 0.255 e. The van der Waals surface area contributed by atoms with E-state index in [-0.39, 0.29) is 35.5 Å². The first-order chi connectivity index (χ1) is 16.6. The largest absolute Gasteiger partial charge is 0.491 e. The fourth-order valence-corrected chi connectivity index (χ4v) is 4.00. The predicted octanol–water partition coefficient (Wildman–Crippen LogP) is 2.68. The number of carbonyl (C=O) groups excluding carboxylic acids is 2. The summed E-state index contributed by atoms with van der Waals surface area (Å²) >= 11 is 0. The molecular weight excluding hydrogens is 444 g/mol. The van der Waals surface area contributed by atoms with E-state index in [4.69, 9.17) is 16.2 Å². The van der Waals surface area contributed by atoms with E-state index in [1.807, 2.05) is 19.9 Å². The molecule has 4 atom stereocenters. The fraction of sp³-hybridized carbons (Fsp3) is 0.704. The Morgan fingerprint density at radius 2 is 1.74 bits per heavy atom. The molecule has 4 unspecified atom stereocenters. The molecule has 0 saturated heterocycles. The van der Waals surface area contributed by atoms with Crippen LogP contribution in [0.1, 0.15) is 70.7 Å². The second-order valence-electron chi connectivity index (χ2n) is 10.0. The van der Waals surface area contributed by atoms with E-state index >= 15 is 0 Å². The summed E-state index contributed by atoms with van der Waals surface area (Å²) in [5.41, 5.74) is 12.4. The van der Waals surface area contributed by atoms with Gasteiger partial charge in [0.05, 0.1) is 11.7 Å². The molecule has 8 heteroatoms. The Bertz CT molecular complexity index is 756. The molecule has 0 heterocycles. The number of amides is 2. The first kappa shape index (κ1) is 30.9. The van der Waals surface area contributed by atoms with Gasteiger partial charge in [0.15, 0.2) is 0 Å². The Labute approximate surface area is 211 Å². The lowest BCUT2D eigenvalue weighted by molar-refractivity contribution is -0.127. The summed E-state index contributed by atoms with van der Waals surface area (Å²) in [6, 6.07) is 6.58. The number of nitrogens with one attached hydrogen (secondary N) is 2. The van der Waals surface area contributed by atoms with Gasteiger partial charge in [0.1, 0.15) is 12.4 Å². The summed E-state index contributed by atoms with van der Waals surface area (Å²) in [5.74, 6) is 0.368. The number of nitrogens with two attached hydrogens (primary N) is 2. The molecule has 0 radical (unpaired) electrons. The van der Waals surface area contributed by atoms with E-state index in [9.17, 15) is 14.7 Å². The highest BCUT2D eigenvalue weighted by molar-refractivity contribution is 5.96. The SMILES string of the molecule is CCCCNC(=O)C(CC(O)C(N)CC(CNC(=O)c1ccccc1OCCN)C(C)C)C(C)C. The van der Waals surface area contributed by atoms with E-state index in [0.717, 1.165) is 12.8 Å². The number of hydrogen-bond acceptors (Lipinski definition) is 6. The van der Waals surface area contributed by atoms with Gasteiger partial charge >= 0.3 is 0 Å². The maximum atomic E-state index is 12.8. The number of rotatable bonds is 17. The van der Waals surface area contributed by atoms with Crippen molar-refractivity contribution in [3.05, 3.63) is 29.8 Å². The Morgan fingerprint density at radius 1 is 1.06 bits per heavy atom. The van der Waals surface area contributed by atoms with Crippen LogP contribution in [-0.2, 0) is 4.79 Å². The van der Waals surface area contributed by atoms with Crippen LogP contribution in [0.25, 0.3) is 0 Å². The molecule has 1 rings (SSSR count). The van der Waals surface area contributed by atoms with E-state index in [2.05, 4.69) is 31.4 Å². The van der Waals surface area contributed by atoms with E-state index in [1.165, 1.54) is 0 Å². The molecule has 0 aliphatic heterocycles. The van der Waals surface area contributed by atoms with Gasteiger partial charge in [-0.25, -0.2) is 0 Å². The molecule has 2 amide bonds.